The zero-order chi connectivity index (χ0) is 22.2. The van der Waals surface area contributed by atoms with Crippen molar-refractivity contribution in [2.75, 3.05) is 0 Å². The molecule has 0 heterocycles. The summed E-state index contributed by atoms with van der Waals surface area (Å²) < 4.78 is 0. The molecule has 5 rings (SSSR count). The quantitative estimate of drug-likeness (QED) is 0.209. The number of hydrogen-bond acceptors (Lipinski definition) is 0. The van der Waals surface area contributed by atoms with E-state index in [4.69, 9.17) is 22.2 Å². The molecule has 0 aromatic heterocycles. The molecule has 0 saturated heterocycles. The molecule has 0 nitrogen and oxygen atoms in total. The maximum atomic E-state index is 4.90. The van der Waals surface area contributed by atoms with E-state index in [-0.39, 0.29) is 0 Å². The number of benzene rings is 4. The van der Waals surface area contributed by atoms with E-state index >= 15 is 0 Å². The summed E-state index contributed by atoms with van der Waals surface area (Å²) in [5, 5.41) is 0. The van der Waals surface area contributed by atoms with Gasteiger partial charge in [0.2, 0.25) is 8.14 Å². The molecule has 3 heteroatoms. The molecule has 0 spiro atoms. The molecule has 0 unspecified atom stereocenters. The van der Waals surface area contributed by atoms with E-state index < -0.39 is 8.14 Å². The van der Waals surface area contributed by atoms with Gasteiger partial charge in [-0.3, -0.25) is 0 Å². The molecule has 1 aliphatic carbocycles. The van der Waals surface area contributed by atoms with E-state index in [1.165, 1.54) is 44.5 Å². The van der Waals surface area contributed by atoms with Gasteiger partial charge in [0.05, 0.1) is 0 Å². The molecule has 158 valence electrons. The van der Waals surface area contributed by atoms with Crippen LogP contribution >= 0.6 is 22.2 Å². The lowest BCUT2D eigenvalue weighted by Crippen LogP contribution is -1.92. The minimum absolute atomic E-state index is 0.639. The summed E-state index contributed by atoms with van der Waals surface area (Å²) in [5.41, 5.74) is 10.6. The molecule has 0 radical (unpaired) electrons. The molecule has 0 atom stereocenters. The highest BCUT2D eigenvalue weighted by Gasteiger charge is 2.28. The predicted molar refractivity (Wildman–Crippen MR) is 144 cm³/mol. The number of allylic oxidation sites excluding steroid dienone is 4. The Balaban J connectivity index is 0.000000775. The first-order chi connectivity index (χ1) is 15.8. The summed E-state index contributed by atoms with van der Waals surface area (Å²) in [6, 6.07) is 43.3. The Kier molecular flexibility index (Phi) is 7.79. The van der Waals surface area contributed by atoms with E-state index in [9.17, 15) is 0 Å². The first kappa shape index (κ1) is 22.4. The molecule has 0 N–H and O–H groups in total. The fourth-order valence-electron chi connectivity index (χ4n) is 4.27. The summed E-state index contributed by atoms with van der Waals surface area (Å²) in [7, 11) is -0.639. The minimum atomic E-state index is -0.639. The van der Waals surface area contributed by atoms with Crippen LogP contribution in [0, 0.1) is 0 Å². The van der Waals surface area contributed by atoms with E-state index in [1.54, 1.807) is 0 Å². The van der Waals surface area contributed by atoms with Gasteiger partial charge in [-0.05, 0) is 51.0 Å². The molecule has 4 aromatic rings. The monoisotopic (exact) mass is 470 g/mol. The third-order valence-corrected chi connectivity index (χ3v) is 5.58. The molecule has 0 bridgehead atoms. The highest BCUT2D eigenvalue weighted by atomic mass is 35.7. The lowest BCUT2D eigenvalue weighted by Gasteiger charge is -2.14. The Morgan fingerprint density at radius 2 is 0.656 bits per heavy atom. The first-order valence-corrected chi connectivity index (χ1v) is 14.9. The van der Waals surface area contributed by atoms with Gasteiger partial charge in [0.25, 0.3) is 0 Å². The van der Waals surface area contributed by atoms with Crippen LogP contribution in [-0.4, -0.2) is 8.14 Å². The van der Waals surface area contributed by atoms with Crippen LogP contribution in [0.4, 0.5) is 0 Å². The van der Waals surface area contributed by atoms with Crippen molar-refractivity contribution < 1.29 is 0 Å². The summed E-state index contributed by atoms with van der Waals surface area (Å²) in [4.78, 5) is 0. The van der Waals surface area contributed by atoms with E-state index in [0.29, 0.717) is 0 Å². The van der Waals surface area contributed by atoms with Crippen molar-refractivity contribution >= 4 is 52.6 Å². The lowest BCUT2D eigenvalue weighted by atomic mass is 9.89. The second kappa shape index (κ2) is 11.1. The third kappa shape index (κ3) is 4.97. The average Bonchev–Trinajstić information content (AvgIpc) is 3.27. The maximum absolute atomic E-state index is 4.90. The van der Waals surface area contributed by atoms with Gasteiger partial charge in [0.1, 0.15) is 0 Å². The molecular weight excluding hydrogens is 447 g/mol. The van der Waals surface area contributed by atoms with E-state index in [0.717, 1.165) is 6.42 Å². The van der Waals surface area contributed by atoms with Gasteiger partial charge in [-0.15, -0.1) is 0 Å². The molecule has 4 aromatic carbocycles. The number of halogens is 2. The van der Waals surface area contributed by atoms with Gasteiger partial charge in [-0.2, -0.15) is 22.2 Å². The normalized spacial score (nSPS) is 13.1. The summed E-state index contributed by atoms with van der Waals surface area (Å²) in [6.45, 7) is 0. The predicted octanol–water partition coefficient (Wildman–Crippen LogP) is 8.07. The van der Waals surface area contributed by atoms with Crippen molar-refractivity contribution in [3.05, 3.63) is 144 Å². The lowest BCUT2D eigenvalue weighted by molar-refractivity contribution is 1.42. The van der Waals surface area contributed by atoms with Crippen LogP contribution in [0.2, 0.25) is 0 Å². The largest absolute Gasteiger partial charge is 0.222 e. The van der Waals surface area contributed by atoms with Gasteiger partial charge < -0.3 is 0 Å². The topological polar surface area (TPSA) is 0 Å². The highest BCUT2D eigenvalue weighted by molar-refractivity contribution is 7.22. The van der Waals surface area contributed by atoms with Gasteiger partial charge in [-0.25, -0.2) is 0 Å². The second-order valence-electron chi connectivity index (χ2n) is 7.45. The third-order valence-electron chi connectivity index (χ3n) is 5.58. The van der Waals surface area contributed by atoms with Crippen LogP contribution in [0.1, 0.15) is 28.7 Å². The molecule has 0 aliphatic heterocycles. The van der Waals surface area contributed by atoms with Crippen molar-refractivity contribution in [3.8, 4) is 0 Å². The Morgan fingerprint density at radius 3 is 0.938 bits per heavy atom. The van der Waals surface area contributed by atoms with Crippen LogP contribution in [0.15, 0.2) is 121 Å². The molecular formula is C29H24Cl2Si. The van der Waals surface area contributed by atoms with Crippen LogP contribution in [0.5, 0.6) is 0 Å². The standard InChI is InChI=1S/C29H22.Cl2H2Si/c1-5-13-22(14-6-1)26-21-27(23-15-7-2-8-16-23)29(25-19-11-4-12-20-25)28(26)24-17-9-3-10-18-24;1-3-2/h1-20H,21H2;3H2. The maximum Gasteiger partial charge on any atom is 0.222 e. The highest BCUT2D eigenvalue weighted by Crippen LogP contribution is 2.51. The fourth-order valence-corrected chi connectivity index (χ4v) is 4.27. The van der Waals surface area contributed by atoms with Crippen molar-refractivity contribution in [1.82, 2.24) is 0 Å². The smallest absolute Gasteiger partial charge is 0.155 e. The van der Waals surface area contributed by atoms with E-state index in [2.05, 4.69) is 121 Å². The van der Waals surface area contributed by atoms with Crippen molar-refractivity contribution in [2.45, 2.75) is 6.42 Å². The molecule has 0 fully saturated rings. The van der Waals surface area contributed by atoms with Crippen LogP contribution in [0.3, 0.4) is 0 Å². The van der Waals surface area contributed by atoms with Crippen LogP contribution in [0.25, 0.3) is 22.3 Å². The average molecular weight is 472 g/mol. The summed E-state index contributed by atoms with van der Waals surface area (Å²) in [5.74, 6) is 0. The fraction of sp³-hybridized carbons (Fsp3) is 0.0345. The Morgan fingerprint density at radius 1 is 0.406 bits per heavy atom. The molecule has 0 amide bonds. The van der Waals surface area contributed by atoms with Gasteiger partial charge in [-0.1, -0.05) is 121 Å². The van der Waals surface area contributed by atoms with Gasteiger partial charge >= 0.3 is 0 Å². The number of hydrogen-bond donors (Lipinski definition) is 0. The minimum Gasteiger partial charge on any atom is -0.155 e. The Bertz CT molecular complexity index is 1100. The van der Waals surface area contributed by atoms with Crippen LogP contribution < -0.4 is 0 Å². The molecule has 0 saturated carbocycles. The van der Waals surface area contributed by atoms with Crippen molar-refractivity contribution in [2.24, 2.45) is 0 Å². The first-order valence-electron chi connectivity index (χ1n) is 10.6. The summed E-state index contributed by atoms with van der Waals surface area (Å²) >= 11 is 9.81. The summed E-state index contributed by atoms with van der Waals surface area (Å²) in [6.07, 6.45) is 0.933. The van der Waals surface area contributed by atoms with Gasteiger partial charge in [0.15, 0.2) is 0 Å². The van der Waals surface area contributed by atoms with Gasteiger partial charge in [0, 0.05) is 0 Å². The SMILES string of the molecule is Cl[SiH2]Cl.c1ccc(C2=C(c3ccccc3)C(c3ccccc3)=C(c3ccccc3)C2)cc1. The molecule has 32 heavy (non-hydrogen) atoms. The zero-order valence-corrected chi connectivity index (χ0v) is 20.6. The van der Waals surface area contributed by atoms with E-state index in [1.807, 2.05) is 0 Å². The Labute approximate surface area is 202 Å². The van der Waals surface area contributed by atoms with Crippen molar-refractivity contribution in [1.29, 1.82) is 0 Å². The molecule has 1 aliphatic rings. The van der Waals surface area contributed by atoms with Crippen LogP contribution in [-0.2, 0) is 0 Å². The van der Waals surface area contributed by atoms with Crippen molar-refractivity contribution in [3.63, 3.8) is 0 Å². The zero-order valence-electron chi connectivity index (χ0n) is 17.7. The second-order valence-corrected chi connectivity index (χ2v) is 10.1. The number of rotatable bonds is 4. The Hall–Kier alpha value is -2.84.